The number of aliphatic hydroxyl groups excluding tert-OH is 1. The molecule has 0 aromatic carbocycles. The van der Waals surface area contributed by atoms with Crippen LogP contribution in [0.3, 0.4) is 0 Å². The molecule has 0 spiro atoms. The fourth-order valence-electron chi connectivity index (χ4n) is 0.991. The zero-order chi connectivity index (χ0) is 14.0. The first-order valence-corrected chi connectivity index (χ1v) is 6.94. The van der Waals surface area contributed by atoms with Crippen LogP contribution in [0.15, 0.2) is 12.7 Å². The predicted octanol–water partition coefficient (Wildman–Crippen LogP) is -3.17. The predicted molar refractivity (Wildman–Crippen MR) is 62.7 cm³/mol. The molecule has 0 aliphatic rings. The number of hydrogen-bond acceptors (Lipinski definition) is 7. The number of aliphatic hydroxyl groups is 1. The fourth-order valence-corrected chi connectivity index (χ4v) is 1.62. The molecule has 0 aromatic heterocycles. The third-order valence-corrected chi connectivity index (χ3v) is 3.29. The summed E-state index contributed by atoms with van der Waals surface area (Å²) < 4.78 is 37.0. The van der Waals surface area contributed by atoms with Gasteiger partial charge in [0.05, 0.1) is 35.2 Å². The van der Waals surface area contributed by atoms with Crippen LogP contribution in [-0.4, -0.2) is 55.9 Å². The molecule has 0 rings (SSSR count). The molecule has 2 unspecified atom stereocenters. The third-order valence-electron chi connectivity index (χ3n) is 2.01. The quantitative estimate of drug-likeness (QED) is 0.107. The van der Waals surface area contributed by atoms with Gasteiger partial charge in [-0.15, -0.1) is 6.58 Å². The van der Waals surface area contributed by atoms with E-state index >= 15 is 0 Å². The molecule has 108 valence electrons. The van der Waals surface area contributed by atoms with Crippen LogP contribution in [0.25, 0.3) is 0 Å². The third kappa shape index (κ3) is 12.0. The molecule has 0 amide bonds. The van der Waals surface area contributed by atoms with Crippen LogP contribution in [0.1, 0.15) is 13.3 Å². The van der Waals surface area contributed by atoms with Gasteiger partial charge in [0.1, 0.15) is 12.7 Å². The second-order valence-electron chi connectivity index (χ2n) is 3.57. The normalized spacial score (nSPS) is 14.5. The first-order valence-electron chi connectivity index (χ1n) is 5.47. The summed E-state index contributed by atoms with van der Waals surface area (Å²) in [6.45, 7) is 4.82. The Hall–Kier alpha value is 0.490. The smallest absolute Gasteiger partial charge is 0.748 e. The van der Waals surface area contributed by atoms with Crippen molar-refractivity contribution >= 4 is 10.1 Å². The van der Waals surface area contributed by atoms with Crippen molar-refractivity contribution in [3.63, 3.8) is 0 Å². The monoisotopic (exact) mass is 306 g/mol. The van der Waals surface area contributed by atoms with E-state index in [9.17, 15) is 18.1 Å². The molecule has 19 heavy (non-hydrogen) atoms. The minimum atomic E-state index is -4.39. The summed E-state index contributed by atoms with van der Waals surface area (Å²) in [5, 5.41) is 8.17. The van der Waals surface area contributed by atoms with Crippen molar-refractivity contribution in [3.05, 3.63) is 12.7 Å². The van der Waals surface area contributed by atoms with Gasteiger partial charge in [0.2, 0.25) is 0 Å². The number of ether oxygens (including phenoxy) is 1. The van der Waals surface area contributed by atoms with E-state index in [0.29, 0.717) is 6.61 Å². The number of hydrogen-bond donors (Lipinski definition) is 1. The van der Waals surface area contributed by atoms with E-state index in [4.69, 9.17) is 4.74 Å². The standard InChI is InChI=1S/C10H20O7S.Na/c1-3-5-15-6-9(11)7-16-17-8-10(4-2)18(12,13)14;/h3,9-11H,1,4-8H2,2H3,(H,12,13,14);/q;+1/p-1. The van der Waals surface area contributed by atoms with Gasteiger partial charge in [-0.1, -0.05) is 13.0 Å². The molecule has 0 aromatic rings. The fraction of sp³-hybridized carbons (Fsp3) is 0.800. The molecule has 0 saturated carbocycles. The molecule has 9 heteroatoms. The van der Waals surface area contributed by atoms with Gasteiger partial charge < -0.3 is 14.4 Å². The minimum absolute atomic E-state index is 0. The van der Waals surface area contributed by atoms with Gasteiger partial charge in [0, 0.05) is 0 Å². The summed E-state index contributed by atoms with van der Waals surface area (Å²) >= 11 is 0. The summed E-state index contributed by atoms with van der Waals surface area (Å²) in [5.74, 6) is 0. The Labute approximate surface area is 135 Å². The van der Waals surface area contributed by atoms with Crippen LogP contribution in [0.4, 0.5) is 0 Å². The van der Waals surface area contributed by atoms with Gasteiger partial charge in [-0.05, 0) is 6.42 Å². The number of rotatable bonds is 11. The van der Waals surface area contributed by atoms with E-state index in [-0.39, 0.29) is 55.8 Å². The van der Waals surface area contributed by atoms with Crippen molar-refractivity contribution in [1.29, 1.82) is 0 Å². The Morgan fingerprint density at radius 1 is 1.32 bits per heavy atom. The van der Waals surface area contributed by atoms with Crippen molar-refractivity contribution in [1.82, 2.24) is 0 Å². The van der Waals surface area contributed by atoms with Gasteiger partial charge in [-0.3, -0.25) is 0 Å². The maximum atomic E-state index is 10.7. The van der Waals surface area contributed by atoms with Gasteiger partial charge in [-0.2, -0.15) is 0 Å². The van der Waals surface area contributed by atoms with Gasteiger partial charge in [0.15, 0.2) is 0 Å². The Balaban J connectivity index is 0. The van der Waals surface area contributed by atoms with Crippen molar-refractivity contribution in [2.75, 3.05) is 26.4 Å². The second-order valence-corrected chi connectivity index (χ2v) is 5.22. The molecule has 0 aliphatic heterocycles. The van der Waals surface area contributed by atoms with Crippen LogP contribution in [0, 0.1) is 0 Å². The van der Waals surface area contributed by atoms with Gasteiger partial charge in [0.25, 0.3) is 0 Å². The molecule has 0 fully saturated rings. The summed E-state index contributed by atoms with van der Waals surface area (Å²) in [7, 11) is -4.39. The second kappa shape index (κ2) is 12.2. The van der Waals surface area contributed by atoms with E-state index in [1.807, 2.05) is 0 Å². The zero-order valence-corrected chi connectivity index (χ0v) is 14.1. The SMILES string of the molecule is C=CCOCC(O)COOCC(CC)S(=O)(=O)[O-].[Na+]. The van der Waals surface area contributed by atoms with Crippen LogP contribution >= 0.6 is 0 Å². The Morgan fingerprint density at radius 3 is 2.37 bits per heavy atom. The largest absolute Gasteiger partial charge is 1.00 e. The van der Waals surface area contributed by atoms with Gasteiger partial charge >= 0.3 is 29.6 Å². The van der Waals surface area contributed by atoms with E-state index in [0.717, 1.165) is 0 Å². The first-order chi connectivity index (χ1) is 8.41. The molecule has 1 N–H and O–H groups in total. The van der Waals surface area contributed by atoms with E-state index < -0.39 is 21.5 Å². The first kappa shape index (κ1) is 21.8. The van der Waals surface area contributed by atoms with Crippen LogP contribution in [0.5, 0.6) is 0 Å². The minimum Gasteiger partial charge on any atom is -0.748 e. The van der Waals surface area contributed by atoms with Crippen LogP contribution in [0.2, 0.25) is 0 Å². The topological polar surface area (TPSA) is 105 Å². The van der Waals surface area contributed by atoms with Crippen molar-refractivity contribution in [3.8, 4) is 0 Å². The zero-order valence-electron chi connectivity index (χ0n) is 11.3. The van der Waals surface area contributed by atoms with E-state index in [2.05, 4.69) is 16.4 Å². The average molecular weight is 306 g/mol. The Morgan fingerprint density at radius 2 is 1.89 bits per heavy atom. The summed E-state index contributed by atoms with van der Waals surface area (Å²) in [4.78, 5) is 9.17. The molecule has 7 nitrogen and oxygen atoms in total. The molecule has 0 bridgehead atoms. The molecular weight excluding hydrogens is 287 g/mol. The maximum absolute atomic E-state index is 10.7. The van der Waals surface area contributed by atoms with Crippen LogP contribution in [-0.2, 0) is 24.6 Å². The molecule has 0 saturated heterocycles. The van der Waals surface area contributed by atoms with E-state index in [1.165, 1.54) is 6.08 Å². The molecule has 0 heterocycles. The molecule has 2 atom stereocenters. The molecular formula is C10H19NaO7S. The van der Waals surface area contributed by atoms with E-state index in [1.54, 1.807) is 6.92 Å². The van der Waals surface area contributed by atoms with Gasteiger partial charge in [-0.25, -0.2) is 18.2 Å². The maximum Gasteiger partial charge on any atom is 1.00 e. The summed E-state index contributed by atoms with van der Waals surface area (Å²) in [6, 6.07) is 0. The summed E-state index contributed by atoms with van der Waals surface area (Å²) in [5.41, 5.74) is 0. The molecule has 0 aliphatic carbocycles. The van der Waals surface area contributed by atoms with Crippen molar-refractivity contribution in [2.24, 2.45) is 0 Å². The Bertz CT molecular complexity index is 320. The Kier molecular flexibility index (Phi) is 14.0. The van der Waals surface area contributed by atoms with Crippen LogP contribution < -0.4 is 29.6 Å². The molecule has 0 radical (unpaired) electrons. The average Bonchev–Trinajstić information content (AvgIpc) is 2.27. The van der Waals surface area contributed by atoms with Crippen molar-refractivity contribution < 1.29 is 62.1 Å². The van der Waals surface area contributed by atoms with Crippen molar-refractivity contribution in [2.45, 2.75) is 24.7 Å². The summed E-state index contributed by atoms with van der Waals surface area (Å²) in [6.07, 6.45) is 0.781.